The van der Waals surface area contributed by atoms with Crippen molar-refractivity contribution in [3.05, 3.63) is 70.2 Å². The predicted octanol–water partition coefficient (Wildman–Crippen LogP) is 4.43. The number of nitrogens with two attached hydrogens (primary N) is 1. The van der Waals surface area contributed by atoms with Crippen molar-refractivity contribution in [3.63, 3.8) is 0 Å². The van der Waals surface area contributed by atoms with Crippen molar-refractivity contribution in [1.82, 2.24) is 0 Å². The lowest BCUT2D eigenvalue weighted by atomic mass is 9.65. The fraction of sp³-hybridized carbons (Fsp3) is 0.368. The molecule has 0 amide bonds. The van der Waals surface area contributed by atoms with E-state index in [-0.39, 0.29) is 5.54 Å². The van der Waals surface area contributed by atoms with E-state index in [4.69, 9.17) is 22.1 Å². The van der Waals surface area contributed by atoms with E-state index in [0.29, 0.717) is 12.5 Å². The summed E-state index contributed by atoms with van der Waals surface area (Å²) in [5.74, 6) is 0.534. The van der Waals surface area contributed by atoms with E-state index >= 15 is 0 Å². The van der Waals surface area contributed by atoms with E-state index < -0.39 is 0 Å². The molecule has 0 atom stereocenters. The minimum Gasteiger partial charge on any atom is -0.376 e. The van der Waals surface area contributed by atoms with Gasteiger partial charge in [-0.2, -0.15) is 0 Å². The molecule has 2 aromatic carbocycles. The highest BCUT2D eigenvalue weighted by Gasteiger charge is 2.43. The minimum absolute atomic E-state index is 0.240. The Morgan fingerprint density at radius 1 is 1.14 bits per heavy atom. The van der Waals surface area contributed by atoms with Crippen molar-refractivity contribution < 1.29 is 4.74 Å². The van der Waals surface area contributed by atoms with Gasteiger partial charge in [-0.25, -0.2) is 0 Å². The number of ether oxygens (including phenoxy) is 1. The van der Waals surface area contributed by atoms with Gasteiger partial charge in [0, 0.05) is 17.2 Å². The van der Waals surface area contributed by atoms with Gasteiger partial charge in [0.25, 0.3) is 0 Å². The second kappa shape index (κ2) is 6.41. The normalized spacial score (nSPS) is 24.0. The van der Waals surface area contributed by atoms with Crippen molar-refractivity contribution in [1.29, 1.82) is 0 Å². The first-order valence-corrected chi connectivity index (χ1v) is 8.12. The SMILES string of the molecule is Cc1c(Cl)cccc1C1(N)CC(COCc2ccccc2)C1. The second-order valence-electron chi connectivity index (χ2n) is 6.34. The summed E-state index contributed by atoms with van der Waals surface area (Å²) in [6.07, 6.45) is 1.92. The molecule has 1 aliphatic carbocycles. The molecule has 3 heteroatoms. The molecule has 0 aromatic heterocycles. The van der Waals surface area contributed by atoms with Gasteiger partial charge in [0.15, 0.2) is 0 Å². The molecule has 22 heavy (non-hydrogen) atoms. The van der Waals surface area contributed by atoms with Gasteiger partial charge in [0.05, 0.1) is 6.61 Å². The first-order valence-electron chi connectivity index (χ1n) is 7.75. The van der Waals surface area contributed by atoms with Crippen LogP contribution >= 0.6 is 11.6 Å². The van der Waals surface area contributed by atoms with Crippen LogP contribution in [0.25, 0.3) is 0 Å². The molecule has 2 N–H and O–H groups in total. The van der Waals surface area contributed by atoms with Crippen molar-refractivity contribution in [2.24, 2.45) is 11.7 Å². The predicted molar refractivity (Wildman–Crippen MR) is 90.9 cm³/mol. The summed E-state index contributed by atoms with van der Waals surface area (Å²) >= 11 is 6.21. The van der Waals surface area contributed by atoms with Crippen LogP contribution in [0.3, 0.4) is 0 Å². The molecule has 0 unspecified atom stereocenters. The molecule has 0 aliphatic heterocycles. The number of halogens is 1. The number of hydrogen-bond donors (Lipinski definition) is 1. The molecular formula is C19H22ClNO. The Labute approximate surface area is 137 Å². The molecule has 0 radical (unpaired) electrons. The molecular weight excluding hydrogens is 294 g/mol. The molecule has 0 bridgehead atoms. The summed E-state index contributed by atoms with van der Waals surface area (Å²) in [4.78, 5) is 0. The van der Waals surface area contributed by atoms with Gasteiger partial charge >= 0.3 is 0 Å². The molecule has 1 aliphatic rings. The van der Waals surface area contributed by atoms with Crippen LogP contribution in [0.15, 0.2) is 48.5 Å². The van der Waals surface area contributed by atoms with Crippen LogP contribution in [-0.2, 0) is 16.9 Å². The van der Waals surface area contributed by atoms with E-state index in [0.717, 1.165) is 30.0 Å². The summed E-state index contributed by atoms with van der Waals surface area (Å²) in [6, 6.07) is 16.3. The van der Waals surface area contributed by atoms with E-state index in [1.54, 1.807) is 0 Å². The molecule has 116 valence electrons. The van der Waals surface area contributed by atoms with E-state index in [1.165, 1.54) is 11.1 Å². The van der Waals surface area contributed by atoms with Crippen LogP contribution in [0, 0.1) is 12.8 Å². The van der Waals surface area contributed by atoms with Gasteiger partial charge in [0.1, 0.15) is 0 Å². The molecule has 0 heterocycles. The highest BCUT2D eigenvalue weighted by atomic mass is 35.5. The lowest BCUT2D eigenvalue weighted by Crippen LogP contribution is -2.50. The fourth-order valence-corrected chi connectivity index (χ4v) is 3.55. The van der Waals surface area contributed by atoms with Crippen LogP contribution in [-0.4, -0.2) is 6.61 Å². The average Bonchev–Trinajstić information content (AvgIpc) is 2.49. The number of rotatable bonds is 5. The second-order valence-corrected chi connectivity index (χ2v) is 6.75. The van der Waals surface area contributed by atoms with Crippen LogP contribution < -0.4 is 5.73 Å². The molecule has 2 nitrogen and oxygen atoms in total. The minimum atomic E-state index is -0.240. The zero-order valence-corrected chi connectivity index (χ0v) is 13.6. The molecule has 0 saturated heterocycles. The third-order valence-electron chi connectivity index (χ3n) is 4.58. The number of benzene rings is 2. The third kappa shape index (κ3) is 3.19. The van der Waals surface area contributed by atoms with Crippen LogP contribution in [0.2, 0.25) is 5.02 Å². The summed E-state index contributed by atoms with van der Waals surface area (Å²) < 4.78 is 5.83. The van der Waals surface area contributed by atoms with E-state index in [1.807, 2.05) is 37.3 Å². The highest BCUT2D eigenvalue weighted by molar-refractivity contribution is 6.31. The lowest BCUT2D eigenvalue weighted by molar-refractivity contribution is 0.0210. The van der Waals surface area contributed by atoms with Gasteiger partial charge in [0.2, 0.25) is 0 Å². The standard InChI is InChI=1S/C19H22ClNO/c1-14-17(8-5-9-18(14)20)19(21)10-16(11-19)13-22-12-15-6-3-2-4-7-15/h2-9,16H,10-13,21H2,1H3. The topological polar surface area (TPSA) is 35.2 Å². The van der Waals surface area contributed by atoms with Crippen LogP contribution in [0.1, 0.15) is 29.5 Å². The summed E-state index contributed by atoms with van der Waals surface area (Å²) in [6.45, 7) is 3.49. The average molecular weight is 316 g/mol. The smallest absolute Gasteiger partial charge is 0.0717 e. The third-order valence-corrected chi connectivity index (χ3v) is 4.98. The van der Waals surface area contributed by atoms with E-state index in [9.17, 15) is 0 Å². The van der Waals surface area contributed by atoms with Gasteiger partial charge in [-0.05, 0) is 48.4 Å². The zero-order valence-electron chi connectivity index (χ0n) is 12.9. The Hall–Kier alpha value is -1.35. The zero-order chi connectivity index (χ0) is 15.6. The quantitative estimate of drug-likeness (QED) is 0.886. The largest absolute Gasteiger partial charge is 0.376 e. The maximum Gasteiger partial charge on any atom is 0.0717 e. The molecule has 1 saturated carbocycles. The van der Waals surface area contributed by atoms with Gasteiger partial charge in [-0.15, -0.1) is 0 Å². The van der Waals surface area contributed by atoms with Crippen LogP contribution in [0.4, 0.5) is 0 Å². The molecule has 0 spiro atoms. The summed E-state index contributed by atoms with van der Waals surface area (Å²) in [5.41, 5.74) is 9.81. The Balaban J connectivity index is 1.52. The Kier molecular flexibility index (Phi) is 4.53. The van der Waals surface area contributed by atoms with Gasteiger partial charge in [-0.3, -0.25) is 0 Å². The van der Waals surface area contributed by atoms with Gasteiger partial charge < -0.3 is 10.5 Å². The summed E-state index contributed by atoms with van der Waals surface area (Å²) in [5, 5.41) is 0.797. The van der Waals surface area contributed by atoms with Crippen molar-refractivity contribution in [2.45, 2.75) is 31.9 Å². The highest BCUT2D eigenvalue weighted by Crippen LogP contribution is 2.45. The Morgan fingerprint density at radius 3 is 2.59 bits per heavy atom. The molecule has 1 fully saturated rings. The Bertz CT molecular complexity index is 635. The lowest BCUT2D eigenvalue weighted by Gasteiger charge is -2.46. The van der Waals surface area contributed by atoms with Crippen molar-refractivity contribution in [2.75, 3.05) is 6.61 Å². The Morgan fingerprint density at radius 2 is 1.86 bits per heavy atom. The van der Waals surface area contributed by atoms with E-state index in [2.05, 4.69) is 18.2 Å². The molecule has 3 rings (SSSR count). The maximum absolute atomic E-state index is 6.55. The molecule has 2 aromatic rings. The first-order chi connectivity index (χ1) is 10.6. The van der Waals surface area contributed by atoms with Crippen LogP contribution in [0.5, 0.6) is 0 Å². The van der Waals surface area contributed by atoms with Crippen molar-refractivity contribution in [3.8, 4) is 0 Å². The summed E-state index contributed by atoms with van der Waals surface area (Å²) in [7, 11) is 0. The fourth-order valence-electron chi connectivity index (χ4n) is 3.37. The first kappa shape index (κ1) is 15.5. The monoisotopic (exact) mass is 315 g/mol. The maximum atomic E-state index is 6.55. The van der Waals surface area contributed by atoms with Crippen molar-refractivity contribution >= 4 is 11.6 Å². The number of hydrogen-bond acceptors (Lipinski definition) is 2. The van der Waals surface area contributed by atoms with Gasteiger partial charge in [-0.1, -0.05) is 54.1 Å².